The summed E-state index contributed by atoms with van der Waals surface area (Å²) in [5.41, 5.74) is 0.862. The SMILES string of the molecule is CC(=O)NC(CC(=O)N1CCC[C@@H](C(=O)O)[C@H]1C)c1ccccc1. The maximum absolute atomic E-state index is 12.7. The molecule has 130 valence electrons. The molecule has 1 heterocycles. The number of hydrogen-bond donors (Lipinski definition) is 2. The second-order valence-corrected chi connectivity index (χ2v) is 6.28. The third-order valence-corrected chi connectivity index (χ3v) is 4.58. The quantitative estimate of drug-likeness (QED) is 0.863. The number of rotatable bonds is 5. The van der Waals surface area contributed by atoms with Crippen LogP contribution in [-0.2, 0) is 14.4 Å². The maximum atomic E-state index is 12.7. The van der Waals surface area contributed by atoms with Gasteiger partial charge in [0.1, 0.15) is 0 Å². The van der Waals surface area contributed by atoms with Crippen molar-refractivity contribution in [3.63, 3.8) is 0 Å². The minimum absolute atomic E-state index is 0.125. The van der Waals surface area contributed by atoms with Crippen LogP contribution in [0.2, 0.25) is 0 Å². The number of piperidine rings is 1. The first-order valence-corrected chi connectivity index (χ1v) is 8.24. The van der Waals surface area contributed by atoms with Gasteiger partial charge < -0.3 is 15.3 Å². The number of carboxylic acid groups (broad SMARTS) is 1. The molecule has 0 spiro atoms. The van der Waals surface area contributed by atoms with Crippen molar-refractivity contribution < 1.29 is 19.5 Å². The highest BCUT2D eigenvalue weighted by atomic mass is 16.4. The average Bonchev–Trinajstić information content (AvgIpc) is 2.54. The van der Waals surface area contributed by atoms with Crippen LogP contribution in [0.5, 0.6) is 0 Å². The Balaban J connectivity index is 2.12. The zero-order chi connectivity index (χ0) is 17.7. The second kappa shape index (κ2) is 7.95. The van der Waals surface area contributed by atoms with Gasteiger partial charge in [-0.05, 0) is 25.3 Å². The van der Waals surface area contributed by atoms with Gasteiger partial charge in [-0.3, -0.25) is 14.4 Å². The first-order chi connectivity index (χ1) is 11.4. The summed E-state index contributed by atoms with van der Waals surface area (Å²) in [5.74, 6) is -1.72. The van der Waals surface area contributed by atoms with Crippen molar-refractivity contribution in [3.05, 3.63) is 35.9 Å². The standard InChI is InChI=1S/C18H24N2O4/c1-12-15(18(23)24)9-6-10-20(12)17(22)11-16(19-13(2)21)14-7-4-3-5-8-14/h3-5,7-8,12,15-16H,6,9-11H2,1-2H3,(H,19,21)(H,23,24)/t12-,15-,16?/m1/s1. The van der Waals surface area contributed by atoms with Crippen LogP contribution in [0.25, 0.3) is 0 Å². The van der Waals surface area contributed by atoms with Gasteiger partial charge in [-0.15, -0.1) is 0 Å². The van der Waals surface area contributed by atoms with Gasteiger partial charge in [-0.1, -0.05) is 30.3 Å². The van der Waals surface area contributed by atoms with Gasteiger partial charge >= 0.3 is 5.97 Å². The molecule has 1 aromatic carbocycles. The summed E-state index contributed by atoms with van der Waals surface area (Å²) in [6, 6.07) is 8.59. The zero-order valence-corrected chi connectivity index (χ0v) is 14.1. The number of carbonyl (C=O) groups excluding carboxylic acids is 2. The minimum atomic E-state index is -0.860. The summed E-state index contributed by atoms with van der Waals surface area (Å²) in [6.07, 6.45) is 1.40. The first-order valence-electron chi connectivity index (χ1n) is 8.24. The highest BCUT2D eigenvalue weighted by molar-refractivity contribution is 5.80. The number of benzene rings is 1. The van der Waals surface area contributed by atoms with Gasteiger partial charge in [-0.2, -0.15) is 0 Å². The molecule has 1 saturated heterocycles. The van der Waals surface area contributed by atoms with Gasteiger partial charge in [0, 0.05) is 19.5 Å². The van der Waals surface area contributed by atoms with Gasteiger partial charge in [0.25, 0.3) is 0 Å². The summed E-state index contributed by atoms with van der Waals surface area (Å²) in [6.45, 7) is 3.77. The number of likely N-dealkylation sites (tertiary alicyclic amines) is 1. The van der Waals surface area contributed by atoms with Crippen molar-refractivity contribution >= 4 is 17.8 Å². The van der Waals surface area contributed by atoms with E-state index in [9.17, 15) is 19.5 Å². The Bertz CT molecular complexity index is 602. The van der Waals surface area contributed by atoms with Crippen molar-refractivity contribution in [2.24, 2.45) is 5.92 Å². The molecule has 1 aromatic rings. The van der Waals surface area contributed by atoms with Crippen LogP contribution in [0.4, 0.5) is 0 Å². The third-order valence-electron chi connectivity index (χ3n) is 4.58. The molecule has 0 aliphatic carbocycles. The normalized spacial score (nSPS) is 21.8. The molecule has 1 unspecified atom stereocenters. The predicted molar refractivity (Wildman–Crippen MR) is 89.2 cm³/mol. The van der Waals surface area contributed by atoms with E-state index < -0.39 is 17.9 Å². The summed E-state index contributed by atoms with van der Waals surface area (Å²) >= 11 is 0. The van der Waals surface area contributed by atoms with E-state index in [1.54, 1.807) is 11.8 Å². The van der Waals surface area contributed by atoms with E-state index in [4.69, 9.17) is 0 Å². The molecule has 1 aliphatic rings. The van der Waals surface area contributed by atoms with Gasteiger partial charge in [0.05, 0.1) is 18.4 Å². The van der Waals surface area contributed by atoms with Crippen LogP contribution >= 0.6 is 0 Å². The molecule has 0 saturated carbocycles. The molecule has 2 N–H and O–H groups in total. The predicted octanol–water partition coefficient (Wildman–Crippen LogP) is 1.97. The molecule has 6 nitrogen and oxygen atoms in total. The van der Waals surface area contributed by atoms with Crippen LogP contribution in [0.3, 0.4) is 0 Å². The first kappa shape index (κ1) is 18.0. The van der Waals surface area contributed by atoms with Crippen LogP contribution in [0.1, 0.15) is 44.7 Å². The number of carboxylic acids is 1. The second-order valence-electron chi connectivity index (χ2n) is 6.28. The number of hydrogen-bond acceptors (Lipinski definition) is 3. The Hall–Kier alpha value is -2.37. The lowest BCUT2D eigenvalue weighted by Gasteiger charge is -2.38. The van der Waals surface area contributed by atoms with Crippen LogP contribution in [0.15, 0.2) is 30.3 Å². The number of nitrogens with zero attached hydrogens (tertiary/aromatic N) is 1. The molecule has 0 bridgehead atoms. The lowest BCUT2D eigenvalue weighted by atomic mass is 9.89. The smallest absolute Gasteiger partial charge is 0.308 e. The van der Waals surface area contributed by atoms with Crippen molar-refractivity contribution in [2.45, 2.75) is 45.2 Å². The fourth-order valence-corrected chi connectivity index (χ4v) is 3.30. The fourth-order valence-electron chi connectivity index (χ4n) is 3.30. The third kappa shape index (κ3) is 4.34. The van der Waals surface area contributed by atoms with E-state index in [2.05, 4.69) is 5.32 Å². The lowest BCUT2D eigenvalue weighted by molar-refractivity contribution is -0.149. The molecular formula is C18H24N2O4. The van der Waals surface area contributed by atoms with Gasteiger partial charge in [-0.25, -0.2) is 0 Å². The van der Waals surface area contributed by atoms with Gasteiger partial charge in [0.2, 0.25) is 11.8 Å². The molecule has 6 heteroatoms. The summed E-state index contributed by atoms with van der Waals surface area (Å²) in [4.78, 5) is 37.2. The van der Waals surface area contributed by atoms with E-state index >= 15 is 0 Å². The van der Waals surface area contributed by atoms with E-state index in [0.717, 1.165) is 5.56 Å². The highest BCUT2D eigenvalue weighted by Crippen LogP contribution is 2.26. The Labute approximate surface area is 141 Å². The minimum Gasteiger partial charge on any atom is -0.481 e. The molecule has 0 aromatic heterocycles. The van der Waals surface area contributed by atoms with Crippen LogP contribution < -0.4 is 5.32 Å². The summed E-state index contributed by atoms with van der Waals surface area (Å²) in [5, 5.41) is 12.1. The average molecular weight is 332 g/mol. The Morgan fingerprint density at radius 3 is 2.54 bits per heavy atom. The molecular weight excluding hydrogens is 308 g/mol. The Morgan fingerprint density at radius 1 is 1.29 bits per heavy atom. The van der Waals surface area contributed by atoms with E-state index in [1.165, 1.54) is 6.92 Å². The summed E-state index contributed by atoms with van der Waals surface area (Å²) in [7, 11) is 0. The van der Waals surface area contributed by atoms with Gasteiger partial charge in [0.15, 0.2) is 0 Å². The van der Waals surface area contributed by atoms with E-state index in [-0.39, 0.29) is 24.3 Å². The number of amides is 2. The fraction of sp³-hybridized carbons (Fsp3) is 0.500. The largest absolute Gasteiger partial charge is 0.481 e. The topological polar surface area (TPSA) is 86.7 Å². The van der Waals surface area contributed by atoms with E-state index in [1.807, 2.05) is 30.3 Å². The molecule has 3 atom stereocenters. The van der Waals surface area contributed by atoms with Crippen molar-refractivity contribution in [2.75, 3.05) is 6.54 Å². The lowest BCUT2D eigenvalue weighted by Crippen LogP contribution is -2.49. The Kier molecular flexibility index (Phi) is 5.95. The van der Waals surface area contributed by atoms with Crippen LogP contribution in [-0.4, -0.2) is 40.4 Å². The highest BCUT2D eigenvalue weighted by Gasteiger charge is 2.35. The zero-order valence-electron chi connectivity index (χ0n) is 14.1. The molecule has 1 fully saturated rings. The number of aliphatic carboxylic acids is 1. The molecule has 24 heavy (non-hydrogen) atoms. The number of nitrogens with one attached hydrogen (secondary N) is 1. The van der Waals surface area contributed by atoms with E-state index in [0.29, 0.717) is 19.4 Å². The number of carbonyl (C=O) groups is 3. The van der Waals surface area contributed by atoms with Crippen LogP contribution in [0, 0.1) is 5.92 Å². The Morgan fingerprint density at radius 2 is 1.96 bits per heavy atom. The molecule has 2 amide bonds. The van der Waals surface area contributed by atoms with Crippen molar-refractivity contribution in [1.82, 2.24) is 10.2 Å². The maximum Gasteiger partial charge on any atom is 0.308 e. The van der Waals surface area contributed by atoms with Crippen molar-refractivity contribution in [3.8, 4) is 0 Å². The molecule has 0 radical (unpaired) electrons. The van der Waals surface area contributed by atoms with Crippen molar-refractivity contribution in [1.29, 1.82) is 0 Å². The monoisotopic (exact) mass is 332 g/mol. The molecule has 1 aliphatic heterocycles. The summed E-state index contributed by atoms with van der Waals surface area (Å²) < 4.78 is 0. The molecule has 2 rings (SSSR count).